The molecule has 0 radical (unpaired) electrons. The maximum absolute atomic E-state index is 5.55. The van der Waals surface area contributed by atoms with E-state index in [-0.39, 0.29) is 6.10 Å². The number of hydrogen-bond acceptors (Lipinski definition) is 7. The first kappa shape index (κ1) is 15.8. The van der Waals surface area contributed by atoms with E-state index in [4.69, 9.17) is 4.74 Å². The van der Waals surface area contributed by atoms with E-state index in [1.54, 1.807) is 7.05 Å². The van der Waals surface area contributed by atoms with E-state index in [9.17, 15) is 0 Å². The molecule has 2 N–H and O–H groups in total. The molecule has 0 saturated carbocycles. The number of ether oxygens (including phenoxy) is 1. The van der Waals surface area contributed by atoms with E-state index in [2.05, 4.69) is 37.5 Å². The van der Waals surface area contributed by atoms with Crippen LogP contribution < -0.4 is 15.4 Å². The summed E-state index contributed by atoms with van der Waals surface area (Å²) in [5.41, 5.74) is 0. The lowest BCUT2D eigenvalue weighted by molar-refractivity contribution is 0.221. The van der Waals surface area contributed by atoms with Crippen molar-refractivity contribution in [2.24, 2.45) is 5.92 Å². The zero-order chi connectivity index (χ0) is 15.2. The summed E-state index contributed by atoms with van der Waals surface area (Å²) in [4.78, 5) is 15.2. The van der Waals surface area contributed by atoms with Crippen molar-refractivity contribution in [1.82, 2.24) is 19.9 Å². The van der Waals surface area contributed by atoms with Gasteiger partial charge in [0.25, 0.3) is 0 Å². The summed E-state index contributed by atoms with van der Waals surface area (Å²) in [6.45, 7) is 7.12. The molecule has 1 aliphatic rings. The minimum absolute atomic E-state index is 0.0406. The molecule has 0 atom stereocenters. The van der Waals surface area contributed by atoms with Crippen LogP contribution in [0.15, 0.2) is 0 Å². The van der Waals surface area contributed by atoms with Crippen LogP contribution in [0.2, 0.25) is 0 Å². The molecule has 1 aliphatic heterocycles. The number of likely N-dealkylation sites (tertiary alicyclic amines) is 1. The largest absolute Gasteiger partial charge is 0.461 e. The van der Waals surface area contributed by atoms with Crippen molar-refractivity contribution in [2.45, 2.75) is 32.8 Å². The highest BCUT2D eigenvalue weighted by molar-refractivity contribution is 5.35. The third-order valence-corrected chi connectivity index (χ3v) is 3.57. The third-order valence-electron chi connectivity index (χ3n) is 3.57. The molecule has 0 amide bonds. The molecule has 7 nitrogen and oxygen atoms in total. The van der Waals surface area contributed by atoms with Crippen LogP contribution in [0.4, 0.5) is 11.9 Å². The SMILES string of the molecule is CNc1nc(NCC2CCN(C)CC2)nc(OC(C)C)n1. The van der Waals surface area contributed by atoms with Gasteiger partial charge in [0, 0.05) is 13.6 Å². The van der Waals surface area contributed by atoms with E-state index in [0.29, 0.717) is 23.8 Å². The van der Waals surface area contributed by atoms with Crippen LogP contribution in [0.5, 0.6) is 6.01 Å². The predicted molar refractivity (Wildman–Crippen MR) is 83.8 cm³/mol. The summed E-state index contributed by atoms with van der Waals surface area (Å²) in [5.74, 6) is 1.76. The number of nitrogens with one attached hydrogen (secondary N) is 2. The summed E-state index contributed by atoms with van der Waals surface area (Å²) < 4.78 is 5.55. The zero-order valence-electron chi connectivity index (χ0n) is 13.4. The molecule has 1 fully saturated rings. The first-order chi connectivity index (χ1) is 10.1. The molecule has 1 saturated heterocycles. The van der Waals surface area contributed by atoms with Crippen molar-refractivity contribution in [1.29, 1.82) is 0 Å². The summed E-state index contributed by atoms with van der Waals surface area (Å²) in [6.07, 6.45) is 2.46. The Labute approximate surface area is 126 Å². The fraction of sp³-hybridized carbons (Fsp3) is 0.786. The van der Waals surface area contributed by atoms with Gasteiger partial charge in [-0.05, 0) is 52.7 Å². The van der Waals surface area contributed by atoms with Crippen molar-refractivity contribution >= 4 is 11.9 Å². The maximum atomic E-state index is 5.55. The summed E-state index contributed by atoms with van der Waals surface area (Å²) >= 11 is 0. The highest BCUT2D eigenvalue weighted by atomic mass is 16.5. The Morgan fingerprint density at radius 3 is 2.48 bits per heavy atom. The molecule has 2 rings (SSSR count). The number of nitrogens with zero attached hydrogens (tertiary/aromatic N) is 4. The second-order valence-electron chi connectivity index (χ2n) is 5.81. The lowest BCUT2D eigenvalue weighted by Crippen LogP contribution is -2.33. The summed E-state index contributed by atoms with van der Waals surface area (Å²) in [7, 11) is 3.96. The topological polar surface area (TPSA) is 75.2 Å². The molecule has 7 heteroatoms. The average Bonchev–Trinajstić information content (AvgIpc) is 2.45. The zero-order valence-corrected chi connectivity index (χ0v) is 13.4. The van der Waals surface area contributed by atoms with Gasteiger partial charge >= 0.3 is 6.01 Å². The molecule has 0 aromatic carbocycles. The van der Waals surface area contributed by atoms with E-state index in [1.165, 1.54) is 12.8 Å². The van der Waals surface area contributed by atoms with Crippen molar-refractivity contribution in [3.8, 4) is 6.01 Å². The third kappa shape index (κ3) is 5.00. The number of anilines is 2. The quantitative estimate of drug-likeness (QED) is 0.822. The van der Waals surface area contributed by atoms with Gasteiger partial charge < -0.3 is 20.3 Å². The van der Waals surface area contributed by atoms with Crippen LogP contribution in [0, 0.1) is 5.92 Å². The number of rotatable bonds is 6. The lowest BCUT2D eigenvalue weighted by atomic mass is 9.97. The Morgan fingerprint density at radius 1 is 1.19 bits per heavy atom. The van der Waals surface area contributed by atoms with Crippen molar-refractivity contribution in [2.75, 3.05) is 44.4 Å². The van der Waals surface area contributed by atoms with Gasteiger partial charge in [0.05, 0.1) is 6.10 Å². The average molecular weight is 294 g/mol. The van der Waals surface area contributed by atoms with Crippen molar-refractivity contribution in [3.63, 3.8) is 0 Å². The van der Waals surface area contributed by atoms with E-state index in [1.807, 2.05) is 13.8 Å². The number of aromatic nitrogens is 3. The Morgan fingerprint density at radius 2 is 1.86 bits per heavy atom. The van der Waals surface area contributed by atoms with Crippen molar-refractivity contribution < 1.29 is 4.74 Å². The molecule has 2 heterocycles. The predicted octanol–water partition coefficient (Wildman–Crippen LogP) is 1.45. The highest BCUT2D eigenvalue weighted by Gasteiger charge is 2.17. The Balaban J connectivity index is 1.95. The number of hydrogen-bond donors (Lipinski definition) is 2. The highest BCUT2D eigenvalue weighted by Crippen LogP contribution is 2.17. The molecule has 118 valence electrons. The molecule has 0 spiro atoms. The standard InChI is InChI=1S/C14H26N6O/c1-10(2)21-14-18-12(15-3)17-13(19-14)16-9-11-5-7-20(4)8-6-11/h10-11H,5-9H2,1-4H3,(H2,15,16,17,18,19). The Hall–Kier alpha value is -1.63. The van der Waals surface area contributed by atoms with Gasteiger partial charge in [0.15, 0.2) is 0 Å². The van der Waals surface area contributed by atoms with Crippen LogP contribution in [-0.4, -0.2) is 59.7 Å². The molecule has 0 unspecified atom stereocenters. The second-order valence-corrected chi connectivity index (χ2v) is 5.81. The first-order valence-electron chi connectivity index (χ1n) is 7.59. The van der Waals surface area contributed by atoms with Crippen LogP contribution in [0.25, 0.3) is 0 Å². The van der Waals surface area contributed by atoms with Crippen molar-refractivity contribution in [3.05, 3.63) is 0 Å². The molecule has 1 aromatic rings. The molecule has 1 aromatic heterocycles. The van der Waals surface area contributed by atoms with E-state index >= 15 is 0 Å². The fourth-order valence-corrected chi connectivity index (χ4v) is 2.31. The van der Waals surface area contributed by atoms with Gasteiger partial charge in [0.1, 0.15) is 0 Å². The van der Waals surface area contributed by atoms with Gasteiger partial charge in [0.2, 0.25) is 11.9 Å². The van der Waals surface area contributed by atoms with Crippen LogP contribution in [-0.2, 0) is 0 Å². The lowest BCUT2D eigenvalue weighted by Gasteiger charge is -2.28. The van der Waals surface area contributed by atoms with Gasteiger partial charge in [-0.1, -0.05) is 0 Å². The van der Waals surface area contributed by atoms with Gasteiger partial charge in [-0.3, -0.25) is 0 Å². The maximum Gasteiger partial charge on any atom is 0.323 e. The van der Waals surface area contributed by atoms with Gasteiger partial charge in [-0.2, -0.15) is 15.0 Å². The molecule has 0 aliphatic carbocycles. The molecular weight excluding hydrogens is 268 g/mol. The number of piperidine rings is 1. The van der Waals surface area contributed by atoms with Crippen LogP contribution in [0.1, 0.15) is 26.7 Å². The van der Waals surface area contributed by atoms with Gasteiger partial charge in [-0.15, -0.1) is 0 Å². The Bertz CT molecular complexity index is 445. The normalized spacial score (nSPS) is 17.0. The molecule has 21 heavy (non-hydrogen) atoms. The minimum atomic E-state index is 0.0406. The first-order valence-corrected chi connectivity index (χ1v) is 7.59. The molecule has 0 bridgehead atoms. The molecular formula is C14H26N6O. The second kappa shape index (κ2) is 7.40. The summed E-state index contributed by atoms with van der Waals surface area (Å²) in [6, 6.07) is 0.357. The summed E-state index contributed by atoms with van der Waals surface area (Å²) in [5, 5.41) is 6.25. The smallest absolute Gasteiger partial charge is 0.323 e. The van der Waals surface area contributed by atoms with Crippen LogP contribution >= 0.6 is 0 Å². The Kier molecular flexibility index (Phi) is 5.55. The monoisotopic (exact) mass is 294 g/mol. The van der Waals surface area contributed by atoms with Crippen LogP contribution in [0.3, 0.4) is 0 Å². The van der Waals surface area contributed by atoms with E-state index in [0.717, 1.165) is 19.6 Å². The van der Waals surface area contributed by atoms with E-state index < -0.39 is 0 Å². The van der Waals surface area contributed by atoms with Gasteiger partial charge in [-0.25, -0.2) is 0 Å². The fourth-order valence-electron chi connectivity index (χ4n) is 2.31. The minimum Gasteiger partial charge on any atom is -0.461 e.